The predicted octanol–water partition coefficient (Wildman–Crippen LogP) is 3.57. The summed E-state index contributed by atoms with van der Waals surface area (Å²) in [6.45, 7) is 5.81. The lowest BCUT2D eigenvalue weighted by Gasteiger charge is -2.10. The summed E-state index contributed by atoms with van der Waals surface area (Å²) in [4.78, 5) is 12.1. The van der Waals surface area contributed by atoms with E-state index in [0.29, 0.717) is 0 Å². The fourth-order valence-electron chi connectivity index (χ4n) is 1.98. The molecule has 19 heavy (non-hydrogen) atoms. The number of aromatic hydroxyl groups is 1. The Labute approximate surface area is 112 Å². The third-order valence-electron chi connectivity index (χ3n) is 3.03. The summed E-state index contributed by atoms with van der Waals surface area (Å²) >= 11 is 0. The molecule has 0 atom stereocenters. The molecule has 2 aromatic carbocycles. The van der Waals surface area contributed by atoms with Crippen molar-refractivity contribution in [1.82, 2.24) is 0 Å². The lowest BCUT2D eigenvalue weighted by molar-refractivity contribution is 0.102. The molecule has 0 saturated heterocycles. The van der Waals surface area contributed by atoms with Crippen molar-refractivity contribution in [2.75, 3.05) is 5.32 Å². The normalized spacial score (nSPS) is 10.3. The van der Waals surface area contributed by atoms with Gasteiger partial charge in [-0.2, -0.15) is 0 Å². The van der Waals surface area contributed by atoms with Gasteiger partial charge >= 0.3 is 0 Å². The molecular weight excluding hydrogens is 238 g/mol. The maximum Gasteiger partial charge on any atom is 0.259 e. The van der Waals surface area contributed by atoms with Crippen LogP contribution in [-0.2, 0) is 0 Å². The quantitative estimate of drug-likeness (QED) is 0.861. The van der Waals surface area contributed by atoms with E-state index in [9.17, 15) is 9.90 Å². The van der Waals surface area contributed by atoms with Crippen LogP contribution in [0.1, 0.15) is 27.0 Å². The molecule has 0 bridgehead atoms. The molecular formula is C16H17NO2. The van der Waals surface area contributed by atoms with Gasteiger partial charge in [-0.3, -0.25) is 4.79 Å². The van der Waals surface area contributed by atoms with Crippen molar-refractivity contribution in [3.8, 4) is 5.75 Å². The Morgan fingerprint density at radius 1 is 1.00 bits per heavy atom. The summed E-state index contributed by atoms with van der Waals surface area (Å²) in [6.07, 6.45) is 0. The van der Waals surface area contributed by atoms with Crippen LogP contribution in [-0.4, -0.2) is 11.0 Å². The minimum atomic E-state index is -0.301. The van der Waals surface area contributed by atoms with E-state index in [-0.39, 0.29) is 17.2 Å². The second kappa shape index (κ2) is 5.14. The van der Waals surface area contributed by atoms with Crippen molar-refractivity contribution in [2.45, 2.75) is 20.8 Å². The van der Waals surface area contributed by atoms with Crippen LogP contribution in [0.2, 0.25) is 0 Å². The first-order chi connectivity index (χ1) is 8.97. The second-order valence-electron chi connectivity index (χ2n) is 4.79. The van der Waals surface area contributed by atoms with E-state index in [4.69, 9.17) is 0 Å². The Morgan fingerprint density at radius 3 is 2.26 bits per heavy atom. The number of anilines is 1. The van der Waals surface area contributed by atoms with Crippen LogP contribution in [0.25, 0.3) is 0 Å². The number of amides is 1. The topological polar surface area (TPSA) is 49.3 Å². The molecule has 0 aliphatic rings. The van der Waals surface area contributed by atoms with E-state index < -0.39 is 0 Å². The van der Waals surface area contributed by atoms with Gasteiger partial charge in [0.05, 0.1) is 5.56 Å². The fourth-order valence-corrected chi connectivity index (χ4v) is 1.98. The van der Waals surface area contributed by atoms with Crippen molar-refractivity contribution in [2.24, 2.45) is 0 Å². The SMILES string of the molecule is Cc1ccc(NC(=O)c2ccc(C)cc2O)c(C)c1. The molecule has 2 N–H and O–H groups in total. The number of phenolic OH excluding ortho intramolecular Hbond substituents is 1. The van der Waals surface area contributed by atoms with E-state index in [0.717, 1.165) is 22.4 Å². The number of aryl methyl sites for hydroxylation is 3. The largest absolute Gasteiger partial charge is 0.507 e. The summed E-state index contributed by atoms with van der Waals surface area (Å²) in [5, 5.41) is 12.6. The number of nitrogens with one attached hydrogen (secondary N) is 1. The molecule has 0 unspecified atom stereocenters. The summed E-state index contributed by atoms with van der Waals surface area (Å²) in [7, 11) is 0. The zero-order chi connectivity index (χ0) is 14.0. The van der Waals surface area contributed by atoms with Gasteiger partial charge in [-0.05, 0) is 50.1 Å². The van der Waals surface area contributed by atoms with E-state index in [1.807, 2.05) is 39.0 Å². The Hall–Kier alpha value is -2.29. The Kier molecular flexibility index (Phi) is 3.56. The number of phenols is 1. The summed E-state index contributed by atoms with van der Waals surface area (Å²) in [5.74, 6) is -0.299. The van der Waals surface area contributed by atoms with Crippen LogP contribution in [0, 0.1) is 20.8 Å². The minimum Gasteiger partial charge on any atom is -0.507 e. The summed E-state index contributed by atoms with van der Waals surface area (Å²) in [6, 6.07) is 10.8. The summed E-state index contributed by atoms with van der Waals surface area (Å²) < 4.78 is 0. The fraction of sp³-hybridized carbons (Fsp3) is 0.188. The number of carbonyl (C=O) groups excluding carboxylic acids is 1. The van der Waals surface area contributed by atoms with Crippen molar-refractivity contribution in [1.29, 1.82) is 0 Å². The van der Waals surface area contributed by atoms with Gasteiger partial charge in [0, 0.05) is 5.69 Å². The zero-order valence-electron chi connectivity index (χ0n) is 11.3. The van der Waals surface area contributed by atoms with Crippen molar-refractivity contribution >= 4 is 11.6 Å². The molecule has 3 heteroatoms. The van der Waals surface area contributed by atoms with Crippen LogP contribution in [0.3, 0.4) is 0 Å². The van der Waals surface area contributed by atoms with Gasteiger partial charge in [0.25, 0.3) is 5.91 Å². The van der Waals surface area contributed by atoms with E-state index in [1.54, 1.807) is 18.2 Å². The van der Waals surface area contributed by atoms with Crippen molar-refractivity contribution < 1.29 is 9.90 Å². The molecule has 0 aliphatic heterocycles. The molecule has 0 saturated carbocycles. The molecule has 3 nitrogen and oxygen atoms in total. The lowest BCUT2D eigenvalue weighted by Crippen LogP contribution is -2.13. The van der Waals surface area contributed by atoms with E-state index in [2.05, 4.69) is 5.32 Å². The van der Waals surface area contributed by atoms with Crippen LogP contribution >= 0.6 is 0 Å². The molecule has 0 fully saturated rings. The maximum atomic E-state index is 12.1. The highest BCUT2D eigenvalue weighted by molar-refractivity contribution is 6.06. The van der Waals surface area contributed by atoms with Crippen LogP contribution in [0.15, 0.2) is 36.4 Å². The van der Waals surface area contributed by atoms with Gasteiger partial charge in [0.2, 0.25) is 0 Å². The van der Waals surface area contributed by atoms with Gasteiger partial charge < -0.3 is 10.4 Å². The molecule has 1 amide bonds. The molecule has 0 radical (unpaired) electrons. The Morgan fingerprint density at radius 2 is 1.63 bits per heavy atom. The van der Waals surface area contributed by atoms with Crippen LogP contribution in [0.4, 0.5) is 5.69 Å². The number of rotatable bonds is 2. The number of benzene rings is 2. The minimum absolute atomic E-state index is 0.00210. The second-order valence-corrected chi connectivity index (χ2v) is 4.79. The van der Waals surface area contributed by atoms with Crippen molar-refractivity contribution in [3.63, 3.8) is 0 Å². The average molecular weight is 255 g/mol. The Bertz CT molecular complexity index is 633. The van der Waals surface area contributed by atoms with Gasteiger partial charge in [0.15, 0.2) is 0 Å². The highest BCUT2D eigenvalue weighted by Gasteiger charge is 2.12. The monoisotopic (exact) mass is 255 g/mol. The first-order valence-electron chi connectivity index (χ1n) is 6.15. The third kappa shape index (κ3) is 2.94. The average Bonchev–Trinajstić information content (AvgIpc) is 2.32. The summed E-state index contributed by atoms with van der Waals surface area (Å²) in [5.41, 5.74) is 4.11. The van der Waals surface area contributed by atoms with Crippen LogP contribution < -0.4 is 5.32 Å². The number of hydrogen-bond acceptors (Lipinski definition) is 2. The van der Waals surface area contributed by atoms with Crippen LogP contribution in [0.5, 0.6) is 5.75 Å². The standard InChI is InChI=1S/C16H17NO2/c1-10-5-7-14(12(3)8-10)17-16(19)13-6-4-11(2)9-15(13)18/h4-9,18H,1-3H3,(H,17,19). The smallest absolute Gasteiger partial charge is 0.259 e. The van der Waals surface area contributed by atoms with Gasteiger partial charge in [-0.25, -0.2) is 0 Å². The van der Waals surface area contributed by atoms with E-state index >= 15 is 0 Å². The molecule has 98 valence electrons. The van der Waals surface area contributed by atoms with Crippen molar-refractivity contribution in [3.05, 3.63) is 58.7 Å². The van der Waals surface area contributed by atoms with Gasteiger partial charge in [-0.1, -0.05) is 23.8 Å². The molecule has 0 heterocycles. The Balaban J connectivity index is 2.25. The number of carbonyl (C=O) groups is 1. The highest BCUT2D eigenvalue weighted by atomic mass is 16.3. The van der Waals surface area contributed by atoms with Gasteiger partial charge in [0.1, 0.15) is 5.75 Å². The first kappa shape index (κ1) is 13.1. The highest BCUT2D eigenvalue weighted by Crippen LogP contribution is 2.22. The first-order valence-corrected chi connectivity index (χ1v) is 6.15. The maximum absolute atomic E-state index is 12.1. The van der Waals surface area contributed by atoms with Gasteiger partial charge in [-0.15, -0.1) is 0 Å². The molecule has 0 spiro atoms. The zero-order valence-corrected chi connectivity index (χ0v) is 11.3. The van der Waals surface area contributed by atoms with E-state index in [1.165, 1.54) is 0 Å². The predicted molar refractivity (Wildman–Crippen MR) is 76.7 cm³/mol. The lowest BCUT2D eigenvalue weighted by atomic mass is 10.1. The molecule has 2 rings (SSSR count). The molecule has 0 aromatic heterocycles. The molecule has 2 aromatic rings. The number of hydrogen-bond donors (Lipinski definition) is 2. The molecule has 0 aliphatic carbocycles. The third-order valence-corrected chi connectivity index (χ3v) is 3.03.